The van der Waals surface area contributed by atoms with Crippen molar-refractivity contribution in [3.63, 3.8) is 0 Å². The summed E-state index contributed by atoms with van der Waals surface area (Å²) in [5.41, 5.74) is 4.81. The molecule has 0 aliphatic rings. The zero-order chi connectivity index (χ0) is 15.6. The Labute approximate surface area is 125 Å². The number of sulfonamides is 1. The molecular formula is C13H21ClN2O3S. The van der Waals surface area contributed by atoms with Gasteiger partial charge in [-0.05, 0) is 37.5 Å². The van der Waals surface area contributed by atoms with Crippen LogP contribution in [-0.4, -0.2) is 25.7 Å². The van der Waals surface area contributed by atoms with E-state index in [1.165, 1.54) is 18.2 Å². The van der Waals surface area contributed by atoms with Gasteiger partial charge in [0.05, 0.1) is 10.6 Å². The first-order chi connectivity index (χ1) is 9.03. The topological polar surface area (TPSA) is 92.4 Å². The first-order valence-corrected chi connectivity index (χ1v) is 8.17. The molecule has 0 aromatic heterocycles. The number of hydrogen-bond acceptors (Lipinski definition) is 4. The van der Waals surface area contributed by atoms with Crippen LogP contribution in [0.1, 0.15) is 27.2 Å². The van der Waals surface area contributed by atoms with Gasteiger partial charge < -0.3 is 10.8 Å². The molecule has 0 spiro atoms. The summed E-state index contributed by atoms with van der Waals surface area (Å²) in [6.07, 6.45) is 0.491. The lowest BCUT2D eigenvalue weighted by Gasteiger charge is -2.25. The Bertz CT molecular complexity index is 571. The van der Waals surface area contributed by atoms with E-state index in [9.17, 15) is 13.5 Å². The average Bonchev–Trinajstić information content (AvgIpc) is 2.24. The van der Waals surface area contributed by atoms with E-state index in [-0.39, 0.29) is 22.4 Å². The van der Waals surface area contributed by atoms with E-state index in [0.29, 0.717) is 12.1 Å². The van der Waals surface area contributed by atoms with Gasteiger partial charge in [-0.2, -0.15) is 0 Å². The summed E-state index contributed by atoms with van der Waals surface area (Å²) in [5, 5.41) is 10.2. The Morgan fingerprint density at radius 1 is 1.45 bits per heavy atom. The molecule has 0 heterocycles. The molecule has 20 heavy (non-hydrogen) atoms. The van der Waals surface area contributed by atoms with Crippen molar-refractivity contribution in [1.29, 1.82) is 0 Å². The summed E-state index contributed by atoms with van der Waals surface area (Å²) in [6.45, 7) is 5.44. The van der Waals surface area contributed by atoms with Crippen molar-refractivity contribution in [3.8, 4) is 0 Å². The van der Waals surface area contributed by atoms with E-state index in [0.717, 1.165) is 0 Å². The fourth-order valence-electron chi connectivity index (χ4n) is 2.01. The predicted molar refractivity (Wildman–Crippen MR) is 81.1 cm³/mol. The summed E-state index contributed by atoms with van der Waals surface area (Å²) in [4.78, 5) is -0.0475. The molecule has 0 amide bonds. The van der Waals surface area contributed by atoms with Crippen LogP contribution in [0.5, 0.6) is 0 Å². The molecule has 4 N–H and O–H groups in total. The second-order valence-corrected chi connectivity index (χ2v) is 7.75. The third-order valence-electron chi connectivity index (χ3n) is 2.74. The van der Waals surface area contributed by atoms with Gasteiger partial charge in [0.2, 0.25) is 10.0 Å². The normalized spacial score (nSPS) is 15.3. The standard InChI is InChI=1S/C13H21ClN2O3S/c1-9(2)7-13(3,17)8-16-20(18,19)12-5-4-10(15)6-11(12)14/h4-6,9,16-17H,7-8,15H2,1-3H3. The van der Waals surface area contributed by atoms with Gasteiger partial charge in [-0.25, -0.2) is 13.1 Å². The van der Waals surface area contributed by atoms with Crippen molar-refractivity contribution in [3.05, 3.63) is 23.2 Å². The van der Waals surface area contributed by atoms with Gasteiger partial charge in [-0.1, -0.05) is 25.4 Å². The van der Waals surface area contributed by atoms with E-state index in [1.807, 2.05) is 13.8 Å². The molecule has 0 saturated heterocycles. The van der Waals surface area contributed by atoms with Gasteiger partial charge in [0.25, 0.3) is 0 Å². The predicted octanol–water partition coefficient (Wildman–Crippen LogP) is 2.00. The Morgan fingerprint density at radius 2 is 2.05 bits per heavy atom. The molecule has 0 aliphatic heterocycles. The molecule has 1 atom stereocenters. The lowest BCUT2D eigenvalue weighted by Crippen LogP contribution is -2.41. The molecule has 5 nitrogen and oxygen atoms in total. The SMILES string of the molecule is CC(C)CC(C)(O)CNS(=O)(=O)c1ccc(N)cc1Cl. The lowest BCUT2D eigenvalue weighted by atomic mass is 9.95. The number of nitrogens with two attached hydrogens (primary N) is 1. The second kappa shape index (κ2) is 6.30. The quantitative estimate of drug-likeness (QED) is 0.699. The number of halogens is 1. The minimum absolute atomic E-state index is 0.0475. The highest BCUT2D eigenvalue weighted by Gasteiger charge is 2.26. The number of nitrogens with one attached hydrogen (secondary N) is 1. The molecule has 0 bridgehead atoms. The van der Waals surface area contributed by atoms with E-state index in [4.69, 9.17) is 17.3 Å². The highest BCUT2D eigenvalue weighted by molar-refractivity contribution is 7.89. The first-order valence-electron chi connectivity index (χ1n) is 6.30. The molecule has 1 rings (SSSR count). The first kappa shape index (κ1) is 17.2. The molecule has 1 unspecified atom stereocenters. The van der Waals surface area contributed by atoms with Gasteiger partial charge >= 0.3 is 0 Å². The molecule has 1 aromatic carbocycles. The fourth-order valence-corrected chi connectivity index (χ4v) is 3.73. The molecule has 0 fully saturated rings. The van der Waals surface area contributed by atoms with Crippen LogP contribution in [-0.2, 0) is 10.0 Å². The summed E-state index contributed by atoms with van der Waals surface area (Å²) >= 11 is 5.89. The van der Waals surface area contributed by atoms with Crippen LogP contribution in [0.2, 0.25) is 5.02 Å². The fraction of sp³-hybridized carbons (Fsp3) is 0.538. The number of anilines is 1. The highest BCUT2D eigenvalue weighted by atomic mass is 35.5. The van der Waals surface area contributed by atoms with Crippen LogP contribution >= 0.6 is 11.6 Å². The van der Waals surface area contributed by atoms with Crippen molar-refractivity contribution in [2.75, 3.05) is 12.3 Å². The number of hydrogen-bond donors (Lipinski definition) is 3. The second-order valence-electron chi connectivity index (χ2n) is 5.61. The van der Waals surface area contributed by atoms with Crippen LogP contribution in [0.4, 0.5) is 5.69 Å². The van der Waals surface area contributed by atoms with Crippen molar-refractivity contribution < 1.29 is 13.5 Å². The largest absolute Gasteiger partial charge is 0.399 e. The minimum Gasteiger partial charge on any atom is -0.399 e. The lowest BCUT2D eigenvalue weighted by molar-refractivity contribution is 0.0437. The van der Waals surface area contributed by atoms with Gasteiger partial charge in [-0.15, -0.1) is 0 Å². The maximum atomic E-state index is 12.1. The van der Waals surface area contributed by atoms with Gasteiger partial charge in [0.1, 0.15) is 4.90 Å². The monoisotopic (exact) mass is 320 g/mol. The molecule has 1 aromatic rings. The number of aliphatic hydroxyl groups is 1. The van der Waals surface area contributed by atoms with E-state index >= 15 is 0 Å². The maximum absolute atomic E-state index is 12.1. The van der Waals surface area contributed by atoms with Crippen LogP contribution in [0.25, 0.3) is 0 Å². The van der Waals surface area contributed by atoms with E-state index < -0.39 is 15.6 Å². The van der Waals surface area contributed by atoms with Crippen molar-refractivity contribution in [1.82, 2.24) is 4.72 Å². The summed E-state index contributed by atoms with van der Waals surface area (Å²) < 4.78 is 26.7. The van der Waals surface area contributed by atoms with E-state index in [2.05, 4.69) is 4.72 Å². The number of benzene rings is 1. The Morgan fingerprint density at radius 3 is 2.55 bits per heavy atom. The zero-order valence-electron chi connectivity index (χ0n) is 11.9. The van der Waals surface area contributed by atoms with Crippen molar-refractivity contribution >= 4 is 27.3 Å². The molecule has 0 aliphatic carbocycles. The van der Waals surface area contributed by atoms with E-state index in [1.54, 1.807) is 6.92 Å². The summed E-state index contributed by atoms with van der Waals surface area (Å²) in [7, 11) is -3.77. The van der Waals surface area contributed by atoms with Gasteiger partial charge in [-0.3, -0.25) is 0 Å². The van der Waals surface area contributed by atoms with Crippen LogP contribution in [0, 0.1) is 5.92 Å². The van der Waals surface area contributed by atoms with Crippen molar-refractivity contribution in [2.45, 2.75) is 37.7 Å². The van der Waals surface area contributed by atoms with Gasteiger partial charge in [0.15, 0.2) is 0 Å². The van der Waals surface area contributed by atoms with Crippen molar-refractivity contribution in [2.24, 2.45) is 5.92 Å². The summed E-state index contributed by atoms with van der Waals surface area (Å²) in [5.74, 6) is 0.259. The van der Waals surface area contributed by atoms with Crippen LogP contribution in [0.3, 0.4) is 0 Å². The van der Waals surface area contributed by atoms with Gasteiger partial charge in [0, 0.05) is 12.2 Å². The zero-order valence-corrected chi connectivity index (χ0v) is 13.4. The third kappa shape index (κ3) is 4.94. The average molecular weight is 321 g/mol. The Balaban J connectivity index is 2.85. The molecule has 0 saturated carbocycles. The molecule has 7 heteroatoms. The van der Waals surface area contributed by atoms with Crippen LogP contribution < -0.4 is 10.5 Å². The molecular weight excluding hydrogens is 300 g/mol. The number of rotatable bonds is 6. The third-order valence-corrected chi connectivity index (χ3v) is 4.62. The summed E-state index contributed by atoms with van der Waals surface area (Å²) in [6, 6.07) is 4.19. The minimum atomic E-state index is -3.77. The van der Waals surface area contributed by atoms with Crippen LogP contribution in [0.15, 0.2) is 23.1 Å². The maximum Gasteiger partial charge on any atom is 0.242 e. The Kier molecular flexibility index (Phi) is 5.43. The highest BCUT2D eigenvalue weighted by Crippen LogP contribution is 2.24. The molecule has 0 radical (unpaired) electrons. The molecule has 114 valence electrons. The smallest absolute Gasteiger partial charge is 0.242 e. The number of nitrogen functional groups attached to an aromatic ring is 1. The Hall–Kier alpha value is -0.820.